The number of benzene rings is 1. The number of H-pyrrole nitrogens is 1. The van der Waals surface area contributed by atoms with Crippen molar-refractivity contribution in [2.45, 2.75) is 24.8 Å². The Morgan fingerprint density at radius 1 is 1.35 bits per heavy atom. The molecule has 1 saturated carbocycles. The van der Waals surface area contributed by atoms with E-state index in [1.165, 1.54) is 12.8 Å². The largest absolute Gasteiger partial charge is 0.325 e. The summed E-state index contributed by atoms with van der Waals surface area (Å²) in [4.78, 5) is 16.7. The van der Waals surface area contributed by atoms with Gasteiger partial charge in [-0.3, -0.25) is 15.2 Å². The summed E-state index contributed by atoms with van der Waals surface area (Å²) in [7, 11) is 0. The molecule has 1 aromatic carbocycles. The van der Waals surface area contributed by atoms with Gasteiger partial charge in [0.25, 0.3) is 0 Å². The zero-order chi connectivity index (χ0) is 14.9. The second-order valence-corrected chi connectivity index (χ2v) is 6.69. The zero-order valence-corrected chi connectivity index (χ0v) is 14.0. The molecule has 2 fully saturated rings. The maximum Gasteiger partial charge on any atom is 0.242 e. The number of anilines is 1. The smallest absolute Gasteiger partial charge is 0.242 e. The summed E-state index contributed by atoms with van der Waals surface area (Å²) in [6.07, 6.45) is 2.38. The molecule has 0 radical (unpaired) electrons. The summed E-state index contributed by atoms with van der Waals surface area (Å²) in [6, 6.07) is 7.56. The lowest BCUT2D eigenvalue weighted by atomic mass is 10.2. The predicted molar refractivity (Wildman–Crippen MR) is 93.9 cm³/mol. The van der Waals surface area contributed by atoms with Gasteiger partial charge in [-0.1, -0.05) is 12.1 Å². The molecule has 1 atom stereocenters. The Labute approximate surface area is 144 Å². The van der Waals surface area contributed by atoms with E-state index in [1.54, 1.807) is 11.8 Å². The average Bonchev–Trinajstić information content (AvgIpc) is 3.06. The molecule has 8 heteroatoms. The van der Waals surface area contributed by atoms with Crippen molar-refractivity contribution in [3.8, 4) is 11.4 Å². The minimum absolute atomic E-state index is 0. The monoisotopic (exact) mass is 351 g/mol. The number of halogens is 1. The van der Waals surface area contributed by atoms with E-state index < -0.39 is 0 Å². The number of amides is 1. The maximum atomic E-state index is 12.1. The minimum atomic E-state index is -0.112. The molecule has 0 spiro atoms. The topological polar surface area (TPSA) is 82.7 Å². The van der Waals surface area contributed by atoms with Gasteiger partial charge in [-0.2, -0.15) is 5.10 Å². The highest BCUT2D eigenvalue weighted by Crippen LogP contribution is 2.38. The Morgan fingerprint density at radius 2 is 2.22 bits per heavy atom. The number of nitrogens with one attached hydrogen (secondary N) is 3. The first kappa shape index (κ1) is 16.3. The molecule has 2 aromatic rings. The van der Waals surface area contributed by atoms with Crippen LogP contribution in [0.2, 0.25) is 0 Å². The molecule has 1 saturated heterocycles. The lowest BCUT2D eigenvalue weighted by Gasteiger charge is -2.10. The number of thioether (sulfide) groups is 1. The maximum absolute atomic E-state index is 12.1. The predicted octanol–water partition coefficient (Wildman–Crippen LogP) is 2.37. The molecule has 4 rings (SSSR count). The van der Waals surface area contributed by atoms with Gasteiger partial charge in [0.05, 0.1) is 6.04 Å². The van der Waals surface area contributed by atoms with E-state index >= 15 is 0 Å². The molecule has 2 heterocycles. The summed E-state index contributed by atoms with van der Waals surface area (Å²) in [5.74, 6) is 3.87. The summed E-state index contributed by atoms with van der Waals surface area (Å²) in [5.41, 5.74) is 1.69. The third-order valence-electron chi connectivity index (χ3n) is 3.89. The van der Waals surface area contributed by atoms with Crippen molar-refractivity contribution >= 4 is 35.8 Å². The molecule has 3 N–H and O–H groups in total. The van der Waals surface area contributed by atoms with Crippen molar-refractivity contribution in [3.05, 3.63) is 30.1 Å². The van der Waals surface area contributed by atoms with Crippen LogP contribution < -0.4 is 10.6 Å². The van der Waals surface area contributed by atoms with Gasteiger partial charge in [-0.05, 0) is 25.0 Å². The van der Waals surface area contributed by atoms with Crippen LogP contribution >= 0.6 is 24.2 Å². The van der Waals surface area contributed by atoms with E-state index in [9.17, 15) is 4.79 Å². The lowest BCUT2D eigenvalue weighted by Crippen LogP contribution is -2.37. The Hall–Kier alpha value is -1.57. The van der Waals surface area contributed by atoms with Crippen LogP contribution in [0.3, 0.4) is 0 Å². The number of aromatic amines is 1. The number of nitrogens with zero attached hydrogens (tertiary/aromatic N) is 2. The van der Waals surface area contributed by atoms with Gasteiger partial charge in [0, 0.05) is 28.8 Å². The Balaban J connectivity index is 0.00000156. The highest BCUT2D eigenvalue weighted by molar-refractivity contribution is 7.99. The van der Waals surface area contributed by atoms with E-state index in [0.29, 0.717) is 11.7 Å². The highest BCUT2D eigenvalue weighted by atomic mass is 35.5. The Morgan fingerprint density at radius 3 is 2.96 bits per heavy atom. The fraction of sp³-hybridized carbons (Fsp3) is 0.400. The van der Waals surface area contributed by atoms with Crippen LogP contribution in [0.15, 0.2) is 24.3 Å². The first-order valence-electron chi connectivity index (χ1n) is 7.44. The first-order valence-corrected chi connectivity index (χ1v) is 8.60. The number of hydrogen-bond donors (Lipinski definition) is 3. The molecule has 1 unspecified atom stereocenters. The first-order chi connectivity index (χ1) is 10.8. The fourth-order valence-corrected chi connectivity index (χ4v) is 3.41. The molecule has 0 bridgehead atoms. The van der Waals surface area contributed by atoms with Crippen LogP contribution in [-0.4, -0.2) is 38.8 Å². The fourth-order valence-electron chi connectivity index (χ4n) is 2.47. The molecular formula is C15H18ClN5OS. The molecular weight excluding hydrogens is 334 g/mol. The third kappa shape index (κ3) is 3.68. The van der Waals surface area contributed by atoms with Crippen molar-refractivity contribution in [1.29, 1.82) is 0 Å². The van der Waals surface area contributed by atoms with Gasteiger partial charge in [0.2, 0.25) is 5.91 Å². The summed E-state index contributed by atoms with van der Waals surface area (Å²) in [5, 5.41) is 13.4. The van der Waals surface area contributed by atoms with E-state index in [0.717, 1.165) is 28.7 Å². The van der Waals surface area contributed by atoms with E-state index in [2.05, 4.69) is 25.8 Å². The normalized spacial score (nSPS) is 20.1. The zero-order valence-electron chi connectivity index (χ0n) is 12.4. The van der Waals surface area contributed by atoms with Crippen LogP contribution in [0.25, 0.3) is 11.4 Å². The molecule has 23 heavy (non-hydrogen) atoms. The highest BCUT2D eigenvalue weighted by Gasteiger charge is 2.27. The number of hydrogen-bond acceptors (Lipinski definition) is 5. The molecule has 1 aliphatic heterocycles. The van der Waals surface area contributed by atoms with Gasteiger partial charge >= 0.3 is 0 Å². The van der Waals surface area contributed by atoms with Crippen LogP contribution in [0.1, 0.15) is 24.6 Å². The number of rotatable bonds is 4. The SMILES string of the molecule is Cl.O=C(Nc1cccc(-c2n[nH]c(C3CC3)n2)c1)C1CSCN1. The Kier molecular flexibility index (Phi) is 4.89. The van der Waals surface area contributed by atoms with Crippen molar-refractivity contribution in [2.75, 3.05) is 16.9 Å². The molecule has 1 amide bonds. The molecule has 6 nitrogen and oxygen atoms in total. The van der Waals surface area contributed by atoms with Gasteiger partial charge in [0.1, 0.15) is 5.82 Å². The molecule has 1 aliphatic carbocycles. The van der Waals surface area contributed by atoms with E-state index in [-0.39, 0.29) is 24.4 Å². The summed E-state index contributed by atoms with van der Waals surface area (Å²) in [6.45, 7) is 0. The van der Waals surface area contributed by atoms with Crippen LogP contribution in [0, 0.1) is 0 Å². The van der Waals surface area contributed by atoms with Crippen molar-refractivity contribution < 1.29 is 4.79 Å². The minimum Gasteiger partial charge on any atom is -0.325 e. The van der Waals surface area contributed by atoms with Gasteiger partial charge in [-0.25, -0.2) is 4.98 Å². The summed E-state index contributed by atoms with van der Waals surface area (Å²) >= 11 is 1.74. The van der Waals surface area contributed by atoms with Gasteiger partial charge < -0.3 is 5.32 Å². The average molecular weight is 352 g/mol. The van der Waals surface area contributed by atoms with Gasteiger partial charge in [0.15, 0.2) is 5.82 Å². The standard InChI is InChI=1S/C15H17N5OS.ClH/c21-15(12-7-22-8-16-12)17-11-3-1-2-10(6-11)14-18-13(19-20-14)9-4-5-9;/h1-3,6,9,12,16H,4-5,7-8H2,(H,17,21)(H,18,19,20);1H. The Bertz CT molecular complexity index is 697. The second kappa shape index (κ2) is 6.90. The van der Waals surface area contributed by atoms with E-state index in [1.807, 2.05) is 24.3 Å². The second-order valence-electron chi connectivity index (χ2n) is 5.66. The molecule has 1 aromatic heterocycles. The molecule has 2 aliphatic rings. The van der Waals surface area contributed by atoms with Crippen molar-refractivity contribution in [1.82, 2.24) is 20.5 Å². The third-order valence-corrected chi connectivity index (χ3v) is 4.83. The lowest BCUT2D eigenvalue weighted by molar-refractivity contribution is -0.117. The number of carbonyl (C=O) groups excluding carboxylic acids is 1. The molecule has 122 valence electrons. The summed E-state index contributed by atoms with van der Waals surface area (Å²) < 4.78 is 0. The van der Waals surface area contributed by atoms with E-state index in [4.69, 9.17) is 0 Å². The van der Waals surface area contributed by atoms with Crippen LogP contribution in [-0.2, 0) is 4.79 Å². The van der Waals surface area contributed by atoms with Gasteiger partial charge in [-0.15, -0.1) is 24.2 Å². The van der Waals surface area contributed by atoms with Crippen LogP contribution in [0.4, 0.5) is 5.69 Å². The number of carbonyl (C=O) groups is 1. The van der Waals surface area contributed by atoms with Crippen molar-refractivity contribution in [2.24, 2.45) is 0 Å². The quantitative estimate of drug-likeness (QED) is 0.787. The van der Waals surface area contributed by atoms with Crippen molar-refractivity contribution in [3.63, 3.8) is 0 Å². The van der Waals surface area contributed by atoms with Crippen LogP contribution in [0.5, 0.6) is 0 Å². The number of aromatic nitrogens is 3.